The van der Waals surface area contributed by atoms with Crippen LogP contribution in [0.2, 0.25) is 0 Å². The standard InChI is InChI=1S/C10H6FN3O3S/c11-6-1-2-7(9(3-6)14(16)17)13-10(15)8-4-18-5-12-8/h1-5H,(H,13,15). The van der Waals surface area contributed by atoms with Crippen LogP contribution in [0.3, 0.4) is 0 Å². The molecule has 8 heteroatoms. The van der Waals surface area contributed by atoms with E-state index < -0.39 is 22.3 Å². The van der Waals surface area contributed by atoms with Crippen molar-refractivity contribution in [1.29, 1.82) is 0 Å². The highest BCUT2D eigenvalue weighted by molar-refractivity contribution is 7.07. The van der Waals surface area contributed by atoms with Crippen LogP contribution in [0.4, 0.5) is 15.8 Å². The Morgan fingerprint density at radius 1 is 1.50 bits per heavy atom. The molecule has 0 spiro atoms. The maximum absolute atomic E-state index is 12.9. The van der Waals surface area contributed by atoms with E-state index in [2.05, 4.69) is 10.3 Å². The predicted octanol–water partition coefficient (Wildman–Crippen LogP) is 2.44. The van der Waals surface area contributed by atoms with Crippen molar-refractivity contribution in [2.75, 3.05) is 5.32 Å². The molecule has 0 radical (unpaired) electrons. The van der Waals surface area contributed by atoms with Crippen LogP contribution in [0.1, 0.15) is 10.5 Å². The summed E-state index contributed by atoms with van der Waals surface area (Å²) in [5.41, 5.74) is 1.05. The lowest BCUT2D eigenvalue weighted by atomic mass is 10.2. The first-order valence-corrected chi connectivity index (χ1v) is 5.65. The number of rotatable bonds is 3. The molecule has 1 heterocycles. The van der Waals surface area contributed by atoms with Crippen LogP contribution in [-0.2, 0) is 0 Å². The number of anilines is 1. The molecular weight excluding hydrogens is 261 g/mol. The molecule has 1 amide bonds. The van der Waals surface area contributed by atoms with Gasteiger partial charge in [-0.1, -0.05) is 0 Å². The molecule has 0 aliphatic rings. The van der Waals surface area contributed by atoms with Crippen LogP contribution in [0.5, 0.6) is 0 Å². The predicted molar refractivity (Wildman–Crippen MR) is 63.1 cm³/mol. The lowest BCUT2D eigenvalue weighted by molar-refractivity contribution is -0.384. The summed E-state index contributed by atoms with van der Waals surface area (Å²) in [5, 5.41) is 14.5. The summed E-state index contributed by atoms with van der Waals surface area (Å²) in [6, 6.07) is 2.91. The Hall–Kier alpha value is -2.35. The lowest BCUT2D eigenvalue weighted by Crippen LogP contribution is -2.13. The first kappa shape index (κ1) is 12.1. The molecule has 0 bridgehead atoms. The topological polar surface area (TPSA) is 85.1 Å². The number of nitro groups is 1. The molecule has 2 aromatic rings. The SMILES string of the molecule is O=C(Nc1ccc(F)cc1[N+](=O)[O-])c1cscn1. The van der Waals surface area contributed by atoms with Crippen molar-refractivity contribution in [2.45, 2.75) is 0 Å². The molecule has 6 nitrogen and oxygen atoms in total. The summed E-state index contributed by atoms with van der Waals surface area (Å²) in [6.07, 6.45) is 0. The zero-order valence-electron chi connectivity index (χ0n) is 8.79. The smallest absolute Gasteiger partial charge is 0.295 e. The van der Waals surface area contributed by atoms with Crippen LogP contribution in [0.15, 0.2) is 29.1 Å². The minimum Gasteiger partial charge on any atom is -0.315 e. The summed E-state index contributed by atoms with van der Waals surface area (Å²) < 4.78 is 12.9. The fourth-order valence-electron chi connectivity index (χ4n) is 1.27. The molecule has 0 saturated carbocycles. The molecule has 1 aromatic carbocycles. The quantitative estimate of drug-likeness (QED) is 0.683. The highest BCUT2D eigenvalue weighted by Crippen LogP contribution is 2.25. The van der Waals surface area contributed by atoms with E-state index in [4.69, 9.17) is 0 Å². The van der Waals surface area contributed by atoms with E-state index in [9.17, 15) is 19.3 Å². The fraction of sp³-hybridized carbons (Fsp3) is 0. The van der Waals surface area contributed by atoms with Gasteiger partial charge in [-0.15, -0.1) is 11.3 Å². The number of carbonyl (C=O) groups excluding carboxylic acids is 1. The Morgan fingerprint density at radius 3 is 2.89 bits per heavy atom. The molecule has 1 N–H and O–H groups in total. The average molecular weight is 267 g/mol. The summed E-state index contributed by atoms with van der Waals surface area (Å²) in [5.74, 6) is -1.32. The number of nitrogens with one attached hydrogen (secondary N) is 1. The summed E-state index contributed by atoms with van der Waals surface area (Å²) in [4.78, 5) is 25.4. The van der Waals surface area contributed by atoms with Gasteiger partial charge < -0.3 is 5.32 Å². The zero-order chi connectivity index (χ0) is 13.1. The fourth-order valence-corrected chi connectivity index (χ4v) is 1.80. The van der Waals surface area contributed by atoms with E-state index >= 15 is 0 Å². The van der Waals surface area contributed by atoms with Crippen LogP contribution >= 0.6 is 11.3 Å². The summed E-state index contributed by atoms with van der Waals surface area (Å²) >= 11 is 1.23. The van der Waals surface area contributed by atoms with Gasteiger partial charge in [-0.25, -0.2) is 9.37 Å². The van der Waals surface area contributed by atoms with E-state index in [1.54, 1.807) is 0 Å². The van der Waals surface area contributed by atoms with Crippen molar-refractivity contribution in [3.63, 3.8) is 0 Å². The number of nitrogens with zero attached hydrogens (tertiary/aromatic N) is 2. The highest BCUT2D eigenvalue weighted by atomic mass is 32.1. The van der Waals surface area contributed by atoms with E-state index in [1.165, 1.54) is 22.2 Å². The molecule has 0 aliphatic carbocycles. The first-order chi connectivity index (χ1) is 8.58. The molecule has 0 fully saturated rings. The monoisotopic (exact) mass is 267 g/mol. The second-order valence-electron chi connectivity index (χ2n) is 3.25. The van der Waals surface area contributed by atoms with Gasteiger partial charge in [-0.05, 0) is 12.1 Å². The number of amides is 1. The number of thiazole rings is 1. The Morgan fingerprint density at radius 2 is 2.28 bits per heavy atom. The molecule has 0 unspecified atom stereocenters. The van der Waals surface area contributed by atoms with Gasteiger partial charge in [0, 0.05) is 5.38 Å². The van der Waals surface area contributed by atoms with Gasteiger partial charge in [0.1, 0.15) is 17.2 Å². The second kappa shape index (κ2) is 4.88. The Labute approximate surface area is 104 Å². The van der Waals surface area contributed by atoms with Gasteiger partial charge in [0.15, 0.2) is 0 Å². The van der Waals surface area contributed by atoms with Gasteiger partial charge in [0.2, 0.25) is 0 Å². The van der Waals surface area contributed by atoms with Crippen molar-refractivity contribution in [3.05, 3.63) is 50.7 Å². The van der Waals surface area contributed by atoms with Crippen LogP contribution in [-0.4, -0.2) is 15.8 Å². The van der Waals surface area contributed by atoms with E-state index in [0.717, 1.165) is 18.2 Å². The van der Waals surface area contributed by atoms with Gasteiger partial charge in [0.25, 0.3) is 11.6 Å². The lowest BCUT2D eigenvalue weighted by Gasteiger charge is -2.04. The van der Waals surface area contributed by atoms with Gasteiger partial charge in [0.05, 0.1) is 16.5 Å². The zero-order valence-corrected chi connectivity index (χ0v) is 9.61. The number of nitro benzene ring substituents is 1. The van der Waals surface area contributed by atoms with E-state index in [1.807, 2.05) is 0 Å². The van der Waals surface area contributed by atoms with Crippen molar-refractivity contribution in [3.8, 4) is 0 Å². The molecule has 0 atom stereocenters. The van der Waals surface area contributed by atoms with Crippen LogP contribution < -0.4 is 5.32 Å². The number of hydrogen-bond donors (Lipinski definition) is 1. The van der Waals surface area contributed by atoms with Crippen molar-refractivity contribution in [1.82, 2.24) is 4.98 Å². The molecule has 0 saturated heterocycles. The number of benzene rings is 1. The molecular formula is C10H6FN3O3S. The maximum atomic E-state index is 12.9. The minimum absolute atomic E-state index is 0.0700. The molecule has 2 rings (SSSR count). The number of hydrogen-bond acceptors (Lipinski definition) is 5. The largest absolute Gasteiger partial charge is 0.315 e. The minimum atomic E-state index is -0.764. The number of carbonyl (C=O) groups is 1. The second-order valence-corrected chi connectivity index (χ2v) is 3.97. The van der Waals surface area contributed by atoms with Gasteiger partial charge >= 0.3 is 0 Å². The number of aromatic nitrogens is 1. The summed E-state index contributed by atoms with van der Waals surface area (Å²) in [7, 11) is 0. The average Bonchev–Trinajstić information content (AvgIpc) is 2.84. The molecule has 0 aliphatic heterocycles. The normalized spacial score (nSPS) is 10.1. The van der Waals surface area contributed by atoms with Crippen molar-refractivity contribution in [2.24, 2.45) is 0 Å². The molecule has 92 valence electrons. The third kappa shape index (κ3) is 2.48. The van der Waals surface area contributed by atoms with Gasteiger partial charge in [-0.3, -0.25) is 14.9 Å². The summed E-state index contributed by atoms with van der Waals surface area (Å²) in [6.45, 7) is 0. The maximum Gasteiger partial charge on any atom is 0.295 e. The van der Waals surface area contributed by atoms with Crippen LogP contribution in [0.25, 0.3) is 0 Å². The third-order valence-electron chi connectivity index (χ3n) is 2.07. The van der Waals surface area contributed by atoms with Crippen molar-refractivity contribution < 1.29 is 14.1 Å². The Bertz CT molecular complexity index is 600. The highest BCUT2D eigenvalue weighted by Gasteiger charge is 2.18. The third-order valence-corrected chi connectivity index (χ3v) is 2.66. The van der Waals surface area contributed by atoms with E-state index in [0.29, 0.717) is 0 Å². The van der Waals surface area contributed by atoms with Crippen molar-refractivity contribution >= 4 is 28.6 Å². The first-order valence-electron chi connectivity index (χ1n) is 4.71. The molecule has 18 heavy (non-hydrogen) atoms. The number of halogens is 1. The molecule has 1 aromatic heterocycles. The van der Waals surface area contributed by atoms with Gasteiger partial charge in [-0.2, -0.15) is 0 Å². The Kier molecular flexibility index (Phi) is 3.28. The van der Waals surface area contributed by atoms with E-state index in [-0.39, 0.29) is 11.4 Å². The Balaban J connectivity index is 2.29. The van der Waals surface area contributed by atoms with Crippen LogP contribution in [0, 0.1) is 15.9 Å².